The summed E-state index contributed by atoms with van der Waals surface area (Å²) in [4.78, 5) is 64.9. The molecule has 5 atom stereocenters. The van der Waals surface area contributed by atoms with Crippen LogP contribution in [0.5, 0.6) is 0 Å². The fourth-order valence-electron chi connectivity index (χ4n) is 3.97. The maximum atomic E-state index is 13.0. The maximum Gasteiger partial charge on any atom is 0.326 e. The number of aromatic nitrogens is 1. The van der Waals surface area contributed by atoms with Gasteiger partial charge in [-0.1, -0.05) is 24.6 Å². The molecule has 14 nitrogen and oxygen atoms in total. The number of aromatic amines is 1. The highest BCUT2D eigenvalue weighted by molar-refractivity contribution is 5.96. The summed E-state index contributed by atoms with van der Waals surface area (Å²) in [6, 6.07) is 1.79. The predicted molar refractivity (Wildman–Crippen MR) is 142 cm³/mol. The lowest BCUT2D eigenvalue weighted by atomic mass is 10.0. The van der Waals surface area contributed by atoms with Crippen molar-refractivity contribution in [3.05, 3.63) is 36.0 Å². The Kier molecular flexibility index (Phi) is 11.8. The number of hydrogen-bond acceptors (Lipinski definition) is 8. The van der Waals surface area contributed by atoms with E-state index in [-0.39, 0.29) is 6.42 Å². The normalized spacial score (nSPS) is 15.0. The van der Waals surface area contributed by atoms with Crippen LogP contribution in [0.4, 0.5) is 0 Å². The zero-order valence-corrected chi connectivity index (χ0v) is 21.7. The summed E-state index contributed by atoms with van der Waals surface area (Å²) in [6.07, 6.45) is 1.02. The van der Waals surface area contributed by atoms with E-state index >= 15 is 0 Å². The number of rotatable bonds is 16. The number of carboxylic acid groups (broad SMARTS) is 1. The highest BCUT2D eigenvalue weighted by Gasteiger charge is 2.33. The number of nitrogens with one attached hydrogen (secondary N) is 4. The number of aliphatic hydroxyl groups excluding tert-OH is 1. The molecule has 39 heavy (non-hydrogen) atoms. The van der Waals surface area contributed by atoms with Gasteiger partial charge < -0.3 is 48.3 Å². The number of para-hydroxylation sites is 1. The van der Waals surface area contributed by atoms with Gasteiger partial charge in [-0.25, -0.2) is 4.79 Å². The van der Waals surface area contributed by atoms with Gasteiger partial charge in [0.15, 0.2) is 0 Å². The molecule has 14 heteroatoms. The molecular formula is C25H37N7O7. The average Bonchev–Trinajstić information content (AvgIpc) is 3.28. The lowest BCUT2D eigenvalue weighted by molar-refractivity contribution is -0.143. The van der Waals surface area contributed by atoms with Crippen LogP contribution >= 0.6 is 0 Å². The first-order chi connectivity index (χ1) is 18.4. The van der Waals surface area contributed by atoms with Gasteiger partial charge in [0.25, 0.3) is 0 Å². The molecule has 2 aromatic rings. The quantitative estimate of drug-likeness (QED) is 0.105. The van der Waals surface area contributed by atoms with Crippen LogP contribution in [-0.4, -0.2) is 81.6 Å². The second-order valence-electron chi connectivity index (χ2n) is 9.31. The minimum Gasteiger partial charge on any atom is -0.480 e. The summed E-state index contributed by atoms with van der Waals surface area (Å²) in [5.41, 5.74) is 17.9. The minimum absolute atomic E-state index is 0.0754. The van der Waals surface area contributed by atoms with Gasteiger partial charge in [0.2, 0.25) is 23.6 Å². The molecule has 214 valence electrons. The Hall–Kier alpha value is -4.01. The topological polar surface area (TPSA) is 256 Å². The molecule has 0 aliphatic carbocycles. The van der Waals surface area contributed by atoms with Crippen molar-refractivity contribution in [2.45, 2.75) is 69.3 Å². The summed E-state index contributed by atoms with van der Waals surface area (Å²) in [5, 5.41) is 27.7. The Balaban J connectivity index is 2.12. The molecule has 5 unspecified atom stereocenters. The van der Waals surface area contributed by atoms with Crippen molar-refractivity contribution in [1.82, 2.24) is 20.9 Å². The van der Waals surface area contributed by atoms with Gasteiger partial charge in [-0.05, 0) is 37.9 Å². The van der Waals surface area contributed by atoms with Crippen LogP contribution in [0.2, 0.25) is 0 Å². The lowest BCUT2D eigenvalue weighted by Gasteiger charge is -2.26. The van der Waals surface area contributed by atoms with Crippen LogP contribution in [0.15, 0.2) is 30.5 Å². The molecule has 0 bridgehead atoms. The summed E-state index contributed by atoms with van der Waals surface area (Å²) < 4.78 is 0. The smallest absolute Gasteiger partial charge is 0.326 e. The van der Waals surface area contributed by atoms with Crippen molar-refractivity contribution in [2.24, 2.45) is 17.2 Å². The third-order valence-electron chi connectivity index (χ3n) is 6.12. The van der Waals surface area contributed by atoms with Crippen LogP contribution in [0.1, 0.15) is 38.2 Å². The predicted octanol–water partition coefficient (Wildman–Crippen LogP) is -2.04. The van der Waals surface area contributed by atoms with Crippen molar-refractivity contribution < 1.29 is 34.2 Å². The van der Waals surface area contributed by atoms with Crippen molar-refractivity contribution in [3.8, 4) is 0 Å². The Morgan fingerprint density at radius 2 is 1.64 bits per heavy atom. The number of hydrogen-bond donors (Lipinski definition) is 9. The van der Waals surface area contributed by atoms with Crippen molar-refractivity contribution in [1.29, 1.82) is 0 Å². The number of carboxylic acids is 1. The number of aliphatic carboxylic acids is 1. The zero-order chi connectivity index (χ0) is 29.1. The SMILES string of the molecule is CC(O)C(NC(=O)C(CC(N)=O)NC(=O)C(N)CCCCN)C(=O)NC(Cc1c[nH]c2ccccc12)C(=O)O. The number of fused-ring (bicyclic) bond motifs is 1. The van der Waals surface area contributed by atoms with E-state index in [4.69, 9.17) is 17.2 Å². The van der Waals surface area contributed by atoms with E-state index in [0.29, 0.717) is 31.4 Å². The molecule has 0 aliphatic heterocycles. The lowest BCUT2D eigenvalue weighted by Crippen LogP contribution is -2.60. The molecule has 1 aromatic carbocycles. The number of carbonyl (C=O) groups is 5. The largest absolute Gasteiger partial charge is 0.480 e. The maximum absolute atomic E-state index is 13.0. The molecule has 4 amide bonds. The van der Waals surface area contributed by atoms with E-state index in [2.05, 4.69) is 20.9 Å². The Morgan fingerprint density at radius 1 is 0.974 bits per heavy atom. The molecule has 0 fully saturated rings. The van der Waals surface area contributed by atoms with Crippen molar-refractivity contribution in [2.75, 3.05) is 6.54 Å². The monoisotopic (exact) mass is 547 g/mol. The fraction of sp³-hybridized carbons (Fsp3) is 0.480. The van der Waals surface area contributed by atoms with Crippen molar-refractivity contribution in [3.63, 3.8) is 0 Å². The van der Waals surface area contributed by atoms with Crippen LogP contribution in [0.3, 0.4) is 0 Å². The van der Waals surface area contributed by atoms with E-state index in [1.165, 1.54) is 6.92 Å². The van der Waals surface area contributed by atoms with E-state index < -0.39 is 66.3 Å². The molecular weight excluding hydrogens is 510 g/mol. The highest BCUT2D eigenvalue weighted by Crippen LogP contribution is 2.19. The molecule has 0 radical (unpaired) electrons. The van der Waals surface area contributed by atoms with Gasteiger partial charge in [-0.15, -0.1) is 0 Å². The highest BCUT2D eigenvalue weighted by atomic mass is 16.4. The first-order valence-corrected chi connectivity index (χ1v) is 12.6. The van der Waals surface area contributed by atoms with E-state index in [1.54, 1.807) is 18.3 Å². The molecule has 2 rings (SSSR count). The third-order valence-corrected chi connectivity index (χ3v) is 6.12. The molecule has 0 saturated carbocycles. The number of unbranched alkanes of at least 4 members (excludes halogenated alkanes) is 1. The second kappa shape index (κ2) is 14.8. The van der Waals surface area contributed by atoms with Gasteiger partial charge in [-0.3, -0.25) is 19.2 Å². The fourth-order valence-corrected chi connectivity index (χ4v) is 3.97. The van der Waals surface area contributed by atoms with Crippen LogP contribution < -0.4 is 33.2 Å². The molecule has 1 aromatic heterocycles. The van der Waals surface area contributed by atoms with Crippen molar-refractivity contribution >= 4 is 40.5 Å². The van der Waals surface area contributed by atoms with Gasteiger partial charge >= 0.3 is 5.97 Å². The Labute approximate surface area is 225 Å². The van der Waals surface area contributed by atoms with Crippen LogP contribution in [0.25, 0.3) is 10.9 Å². The molecule has 0 aliphatic rings. The summed E-state index contributed by atoms with van der Waals surface area (Å²) in [5.74, 6) is -4.91. The first-order valence-electron chi connectivity index (χ1n) is 12.6. The van der Waals surface area contributed by atoms with E-state index in [1.807, 2.05) is 12.1 Å². The van der Waals surface area contributed by atoms with Gasteiger partial charge in [0, 0.05) is 23.5 Å². The minimum atomic E-state index is -1.60. The number of H-pyrrole nitrogens is 1. The summed E-state index contributed by atoms with van der Waals surface area (Å²) >= 11 is 0. The third kappa shape index (κ3) is 9.35. The number of amides is 4. The van der Waals surface area contributed by atoms with E-state index in [0.717, 1.165) is 10.9 Å². The summed E-state index contributed by atoms with van der Waals surface area (Å²) in [7, 11) is 0. The van der Waals surface area contributed by atoms with Gasteiger partial charge in [-0.2, -0.15) is 0 Å². The molecule has 0 spiro atoms. The number of carbonyl (C=O) groups excluding carboxylic acids is 4. The standard InChI is InChI=1S/C25H37N7O7/c1-13(33)21(32-23(36)18(11-20(28)34)30-22(35)16(27)7-4-5-9-26)24(37)31-19(25(38)39)10-14-12-29-17-8-3-2-6-15(14)17/h2-3,6,8,12-13,16,18-19,21,29,33H,4-5,7,9-11,26-27H2,1H3,(H2,28,34)(H,30,35)(H,31,37)(H,32,36)(H,38,39). The Morgan fingerprint density at radius 3 is 2.26 bits per heavy atom. The first kappa shape index (κ1) is 31.2. The van der Waals surface area contributed by atoms with E-state index in [9.17, 15) is 34.2 Å². The number of benzene rings is 1. The second-order valence-corrected chi connectivity index (χ2v) is 9.31. The molecule has 1 heterocycles. The number of nitrogens with two attached hydrogens (primary N) is 3. The zero-order valence-electron chi connectivity index (χ0n) is 21.7. The molecule has 0 saturated heterocycles. The van der Waals surface area contributed by atoms with Gasteiger partial charge in [0.1, 0.15) is 18.1 Å². The van der Waals surface area contributed by atoms with Crippen LogP contribution in [0, 0.1) is 0 Å². The molecule has 12 N–H and O–H groups in total. The number of aliphatic hydroxyl groups is 1. The Bertz CT molecular complexity index is 1170. The summed E-state index contributed by atoms with van der Waals surface area (Å²) in [6.45, 7) is 1.64. The van der Waals surface area contributed by atoms with Crippen LogP contribution in [-0.2, 0) is 30.4 Å². The van der Waals surface area contributed by atoms with Gasteiger partial charge in [0.05, 0.1) is 18.6 Å². The average molecular weight is 548 g/mol. The number of primary amides is 1.